The minimum atomic E-state index is -0.0985. The van der Waals surface area contributed by atoms with E-state index in [1.807, 2.05) is 12.1 Å². The zero-order valence-electron chi connectivity index (χ0n) is 13.8. The molecule has 2 aromatic rings. The molecule has 1 aliphatic heterocycles. The number of carbonyl (C=O) groups is 1. The largest absolute Gasteiger partial charge is 0.322 e. The molecule has 1 N–H and O–H groups in total. The van der Waals surface area contributed by atoms with Crippen LogP contribution in [-0.4, -0.2) is 23.9 Å². The van der Waals surface area contributed by atoms with Crippen molar-refractivity contribution in [3.8, 4) is 0 Å². The number of anilines is 1. The Labute approximate surface area is 148 Å². The van der Waals surface area contributed by atoms with Crippen molar-refractivity contribution in [3.05, 3.63) is 64.7 Å². The summed E-state index contributed by atoms with van der Waals surface area (Å²) in [5.74, 6) is -0.0985. The smallest absolute Gasteiger partial charge is 0.255 e. The van der Waals surface area contributed by atoms with Crippen molar-refractivity contribution in [2.75, 3.05) is 18.4 Å². The number of nitrogens with one attached hydrogen (secondary N) is 1. The second-order valence-corrected chi connectivity index (χ2v) is 6.78. The van der Waals surface area contributed by atoms with Crippen LogP contribution in [0.15, 0.2) is 48.5 Å². The average molecular weight is 343 g/mol. The van der Waals surface area contributed by atoms with Gasteiger partial charge < -0.3 is 5.32 Å². The van der Waals surface area contributed by atoms with Gasteiger partial charge in [-0.25, -0.2) is 0 Å². The lowest BCUT2D eigenvalue weighted by molar-refractivity contribution is 0.102. The van der Waals surface area contributed by atoms with Gasteiger partial charge in [-0.05, 0) is 67.9 Å². The lowest BCUT2D eigenvalue weighted by atomic mass is 10.1. The van der Waals surface area contributed by atoms with Crippen molar-refractivity contribution in [2.45, 2.75) is 32.2 Å². The zero-order chi connectivity index (χ0) is 16.8. The number of hydrogen-bond donors (Lipinski definition) is 1. The van der Waals surface area contributed by atoms with E-state index in [2.05, 4.69) is 22.3 Å². The van der Waals surface area contributed by atoms with Gasteiger partial charge in [-0.2, -0.15) is 0 Å². The van der Waals surface area contributed by atoms with Crippen molar-refractivity contribution >= 4 is 23.2 Å². The topological polar surface area (TPSA) is 32.3 Å². The molecule has 0 spiro atoms. The summed E-state index contributed by atoms with van der Waals surface area (Å²) in [7, 11) is 0. The van der Waals surface area contributed by atoms with Crippen LogP contribution in [0.1, 0.15) is 41.6 Å². The highest BCUT2D eigenvalue weighted by Gasteiger charge is 2.10. The Balaban J connectivity index is 1.58. The van der Waals surface area contributed by atoms with Gasteiger partial charge in [0.1, 0.15) is 0 Å². The van der Waals surface area contributed by atoms with Gasteiger partial charge in [0.2, 0.25) is 0 Å². The summed E-state index contributed by atoms with van der Waals surface area (Å²) in [5, 5.41) is 3.54. The van der Waals surface area contributed by atoms with Crippen LogP contribution in [0, 0.1) is 0 Å². The van der Waals surface area contributed by atoms with E-state index in [0.29, 0.717) is 10.6 Å². The van der Waals surface area contributed by atoms with E-state index >= 15 is 0 Å². The molecule has 126 valence electrons. The first-order valence-corrected chi connectivity index (χ1v) is 8.97. The molecule has 0 unspecified atom stereocenters. The lowest BCUT2D eigenvalue weighted by Gasteiger charge is -2.19. The third-order valence-corrected chi connectivity index (χ3v) is 4.68. The number of amides is 1. The molecular formula is C20H23ClN2O. The molecular weight excluding hydrogens is 320 g/mol. The molecule has 1 fully saturated rings. The number of benzene rings is 2. The fraction of sp³-hybridized carbons (Fsp3) is 0.350. The predicted octanol–water partition coefficient (Wildman–Crippen LogP) is 4.97. The Hall–Kier alpha value is -1.84. The van der Waals surface area contributed by atoms with Crippen molar-refractivity contribution in [3.63, 3.8) is 0 Å². The number of rotatable bonds is 4. The maximum absolute atomic E-state index is 12.3. The molecule has 0 bridgehead atoms. The molecule has 1 amide bonds. The lowest BCUT2D eigenvalue weighted by Crippen LogP contribution is -2.24. The Bertz CT molecular complexity index is 659. The average Bonchev–Trinajstić information content (AvgIpc) is 2.86. The van der Waals surface area contributed by atoms with E-state index in [0.717, 1.165) is 12.2 Å². The molecule has 1 aliphatic rings. The highest BCUT2D eigenvalue weighted by atomic mass is 35.5. The van der Waals surface area contributed by atoms with Gasteiger partial charge in [-0.15, -0.1) is 0 Å². The number of nitrogens with zero attached hydrogens (tertiary/aromatic N) is 1. The van der Waals surface area contributed by atoms with Gasteiger partial charge in [0.15, 0.2) is 0 Å². The Morgan fingerprint density at radius 1 is 0.917 bits per heavy atom. The van der Waals surface area contributed by atoms with E-state index < -0.39 is 0 Å². The SMILES string of the molecule is O=C(Nc1ccc(Cl)cc1)c1ccc(CN2CCCCCC2)cc1. The van der Waals surface area contributed by atoms with E-state index in [1.54, 1.807) is 24.3 Å². The molecule has 2 aromatic carbocycles. The molecule has 0 aromatic heterocycles. The molecule has 0 radical (unpaired) electrons. The standard InChI is InChI=1S/C20H23ClN2O/c21-18-9-11-19(12-10-18)22-20(24)17-7-5-16(6-8-17)15-23-13-3-1-2-4-14-23/h5-12H,1-4,13-15H2,(H,22,24). The van der Waals surface area contributed by atoms with Gasteiger partial charge in [0.05, 0.1) is 0 Å². The highest BCUT2D eigenvalue weighted by molar-refractivity contribution is 6.30. The van der Waals surface area contributed by atoms with Crippen LogP contribution >= 0.6 is 11.6 Å². The van der Waals surface area contributed by atoms with Crippen LogP contribution in [-0.2, 0) is 6.54 Å². The molecule has 0 aliphatic carbocycles. The molecule has 1 heterocycles. The Morgan fingerprint density at radius 2 is 1.54 bits per heavy atom. The third kappa shape index (κ3) is 4.83. The van der Waals surface area contributed by atoms with Crippen molar-refractivity contribution in [1.29, 1.82) is 0 Å². The second kappa shape index (κ2) is 8.32. The highest BCUT2D eigenvalue weighted by Crippen LogP contribution is 2.16. The summed E-state index contributed by atoms with van der Waals surface area (Å²) in [4.78, 5) is 14.8. The van der Waals surface area contributed by atoms with E-state index in [4.69, 9.17) is 11.6 Å². The van der Waals surface area contributed by atoms with Crippen LogP contribution in [0.25, 0.3) is 0 Å². The molecule has 0 atom stereocenters. The monoisotopic (exact) mass is 342 g/mol. The number of hydrogen-bond acceptors (Lipinski definition) is 2. The summed E-state index contributed by atoms with van der Waals surface area (Å²) >= 11 is 5.86. The minimum Gasteiger partial charge on any atom is -0.322 e. The second-order valence-electron chi connectivity index (χ2n) is 6.35. The minimum absolute atomic E-state index is 0.0985. The van der Waals surface area contributed by atoms with Gasteiger partial charge in [-0.1, -0.05) is 36.6 Å². The zero-order valence-corrected chi connectivity index (χ0v) is 14.6. The molecule has 0 saturated carbocycles. The molecule has 4 heteroatoms. The summed E-state index contributed by atoms with van der Waals surface area (Å²) in [6.45, 7) is 3.33. The first-order chi connectivity index (χ1) is 11.7. The fourth-order valence-corrected chi connectivity index (χ4v) is 3.18. The summed E-state index contributed by atoms with van der Waals surface area (Å²) in [6.07, 6.45) is 5.28. The van der Waals surface area contributed by atoms with Crippen LogP contribution in [0.5, 0.6) is 0 Å². The summed E-state index contributed by atoms with van der Waals surface area (Å²) < 4.78 is 0. The quantitative estimate of drug-likeness (QED) is 0.850. The van der Waals surface area contributed by atoms with Crippen molar-refractivity contribution < 1.29 is 4.79 Å². The normalized spacial score (nSPS) is 15.7. The first-order valence-electron chi connectivity index (χ1n) is 8.59. The van der Waals surface area contributed by atoms with Gasteiger partial charge >= 0.3 is 0 Å². The summed E-state index contributed by atoms with van der Waals surface area (Å²) in [6, 6.07) is 15.0. The molecule has 3 nitrogen and oxygen atoms in total. The van der Waals surface area contributed by atoms with Crippen LogP contribution in [0.3, 0.4) is 0 Å². The van der Waals surface area contributed by atoms with Gasteiger partial charge in [-0.3, -0.25) is 9.69 Å². The molecule has 1 saturated heterocycles. The van der Waals surface area contributed by atoms with Crippen LogP contribution < -0.4 is 5.32 Å². The number of halogens is 1. The number of carbonyl (C=O) groups excluding carboxylic acids is 1. The Kier molecular flexibility index (Phi) is 5.89. The third-order valence-electron chi connectivity index (χ3n) is 4.42. The van der Waals surface area contributed by atoms with E-state index in [-0.39, 0.29) is 5.91 Å². The maximum atomic E-state index is 12.3. The van der Waals surface area contributed by atoms with E-state index in [9.17, 15) is 4.79 Å². The summed E-state index contributed by atoms with van der Waals surface area (Å²) in [5.41, 5.74) is 2.68. The van der Waals surface area contributed by atoms with Crippen LogP contribution in [0.2, 0.25) is 5.02 Å². The molecule has 24 heavy (non-hydrogen) atoms. The van der Waals surface area contributed by atoms with E-state index in [1.165, 1.54) is 44.3 Å². The van der Waals surface area contributed by atoms with Crippen LogP contribution in [0.4, 0.5) is 5.69 Å². The predicted molar refractivity (Wildman–Crippen MR) is 99.6 cm³/mol. The van der Waals surface area contributed by atoms with Gasteiger partial charge in [0, 0.05) is 22.8 Å². The van der Waals surface area contributed by atoms with Crippen molar-refractivity contribution in [1.82, 2.24) is 4.90 Å². The van der Waals surface area contributed by atoms with Crippen molar-refractivity contribution in [2.24, 2.45) is 0 Å². The first kappa shape index (κ1) is 17.0. The maximum Gasteiger partial charge on any atom is 0.255 e. The fourth-order valence-electron chi connectivity index (χ4n) is 3.05. The Morgan fingerprint density at radius 3 is 2.17 bits per heavy atom. The van der Waals surface area contributed by atoms with Gasteiger partial charge in [0.25, 0.3) is 5.91 Å². The molecule has 3 rings (SSSR count). The number of likely N-dealkylation sites (tertiary alicyclic amines) is 1.